The molecule has 20 heavy (non-hydrogen) atoms. The Morgan fingerprint density at radius 3 is 2.70 bits per heavy atom. The van der Waals surface area contributed by atoms with Crippen molar-refractivity contribution < 1.29 is 23.4 Å². The van der Waals surface area contributed by atoms with Crippen molar-refractivity contribution in [1.82, 2.24) is 5.32 Å². The van der Waals surface area contributed by atoms with E-state index < -0.39 is 6.61 Å². The van der Waals surface area contributed by atoms with Crippen LogP contribution in [-0.2, 0) is 6.54 Å². The van der Waals surface area contributed by atoms with Crippen molar-refractivity contribution in [3.63, 3.8) is 0 Å². The number of alkyl halides is 2. The van der Waals surface area contributed by atoms with Gasteiger partial charge in [-0.2, -0.15) is 8.78 Å². The van der Waals surface area contributed by atoms with Crippen LogP contribution in [0.4, 0.5) is 8.78 Å². The number of hydrogen-bond acceptors (Lipinski definition) is 4. The smallest absolute Gasteiger partial charge is 0.387 e. The minimum Gasteiger partial charge on any atom is -0.493 e. The van der Waals surface area contributed by atoms with E-state index in [4.69, 9.17) is 9.84 Å². The Balaban J connectivity index is 2.68. The fourth-order valence-corrected chi connectivity index (χ4v) is 1.86. The molecule has 114 valence electrons. The molecule has 1 aromatic rings. The summed E-state index contributed by atoms with van der Waals surface area (Å²) in [6.07, 6.45) is 0.700. The molecule has 0 saturated carbocycles. The molecule has 4 nitrogen and oxygen atoms in total. The lowest BCUT2D eigenvalue weighted by atomic mass is 10.1. The number of benzene rings is 1. The molecule has 0 amide bonds. The maximum absolute atomic E-state index is 12.4. The molecule has 0 aliphatic carbocycles. The summed E-state index contributed by atoms with van der Waals surface area (Å²) >= 11 is 0. The van der Waals surface area contributed by atoms with Crippen LogP contribution in [0, 0.1) is 5.92 Å². The number of para-hydroxylation sites is 1. The fourth-order valence-electron chi connectivity index (χ4n) is 1.86. The summed E-state index contributed by atoms with van der Waals surface area (Å²) in [5.41, 5.74) is 0.612. The zero-order valence-corrected chi connectivity index (χ0v) is 11.7. The summed E-state index contributed by atoms with van der Waals surface area (Å²) in [7, 11) is 1.41. The van der Waals surface area contributed by atoms with E-state index in [2.05, 4.69) is 10.1 Å². The van der Waals surface area contributed by atoms with Crippen LogP contribution in [0.2, 0.25) is 0 Å². The van der Waals surface area contributed by atoms with Gasteiger partial charge in [0.05, 0.1) is 7.11 Å². The van der Waals surface area contributed by atoms with Gasteiger partial charge in [0.15, 0.2) is 11.5 Å². The lowest BCUT2D eigenvalue weighted by Gasteiger charge is -2.16. The summed E-state index contributed by atoms with van der Waals surface area (Å²) in [6.45, 7) is 0.340. The van der Waals surface area contributed by atoms with Crippen LogP contribution in [0.3, 0.4) is 0 Å². The van der Waals surface area contributed by atoms with E-state index >= 15 is 0 Å². The second-order valence-electron chi connectivity index (χ2n) is 4.58. The molecular weight excluding hydrogens is 268 g/mol. The van der Waals surface area contributed by atoms with E-state index in [-0.39, 0.29) is 18.1 Å². The van der Waals surface area contributed by atoms with Crippen LogP contribution in [-0.4, -0.2) is 32.0 Å². The number of aliphatic hydroxyl groups excluding tert-OH is 1. The van der Waals surface area contributed by atoms with Crippen molar-refractivity contribution in [2.24, 2.45) is 5.92 Å². The molecular formula is C14H21F2NO3. The van der Waals surface area contributed by atoms with Gasteiger partial charge in [-0.1, -0.05) is 19.1 Å². The summed E-state index contributed by atoms with van der Waals surface area (Å²) in [4.78, 5) is 0. The van der Waals surface area contributed by atoms with Gasteiger partial charge in [-0.3, -0.25) is 0 Å². The number of aliphatic hydroxyl groups is 1. The summed E-state index contributed by atoms with van der Waals surface area (Å²) in [5, 5.41) is 12.0. The highest BCUT2D eigenvalue weighted by Crippen LogP contribution is 2.32. The third-order valence-electron chi connectivity index (χ3n) is 2.92. The van der Waals surface area contributed by atoms with Gasteiger partial charge in [0.25, 0.3) is 0 Å². The first-order chi connectivity index (χ1) is 9.58. The SMILES string of the molecule is COc1cccc(CNCC(C)CCO)c1OC(F)F. The van der Waals surface area contributed by atoms with Crippen molar-refractivity contribution in [2.45, 2.75) is 26.5 Å². The Morgan fingerprint density at radius 2 is 2.10 bits per heavy atom. The van der Waals surface area contributed by atoms with Gasteiger partial charge in [-0.15, -0.1) is 0 Å². The molecule has 0 spiro atoms. The molecule has 0 aromatic heterocycles. The van der Waals surface area contributed by atoms with Crippen LogP contribution in [0.5, 0.6) is 11.5 Å². The van der Waals surface area contributed by atoms with Gasteiger partial charge in [-0.25, -0.2) is 0 Å². The minimum absolute atomic E-state index is 0.0623. The number of methoxy groups -OCH3 is 1. The molecule has 0 heterocycles. The van der Waals surface area contributed by atoms with Crippen LogP contribution in [0.25, 0.3) is 0 Å². The second-order valence-corrected chi connectivity index (χ2v) is 4.58. The van der Waals surface area contributed by atoms with Gasteiger partial charge in [0.2, 0.25) is 0 Å². The molecule has 6 heteroatoms. The predicted molar refractivity (Wildman–Crippen MR) is 72.2 cm³/mol. The Bertz CT molecular complexity index is 402. The quantitative estimate of drug-likeness (QED) is 0.733. The number of ether oxygens (including phenoxy) is 2. The van der Waals surface area contributed by atoms with E-state index in [1.165, 1.54) is 7.11 Å². The van der Waals surface area contributed by atoms with Crippen LogP contribution in [0.1, 0.15) is 18.9 Å². The number of hydrogen-bond donors (Lipinski definition) is 2. The Kier molecular flexibility index (Phi) is 7.25. The zero-order chi connectivity index (χ0) is 15.0. The standard InChI is InChI=1S/C14H21F2NO3/c1-10(6-7-18)8-17-9-11-4-3-5-12(19-2)13(11)20-14(15)16/h3-5,10,14,17-18H,6-9H2,1-2H3. The maximum Gasteiger partial charge on any atom is 0.387 e. The first kappa shape index (κ1) is 16.7. The van der Waals surface area contributed by atoms with Crippen LogP contribution in [0.15, 0.2) is 18.2 Å². The molecule has 1 unspecified atom stereocenters. The van der Waals surface area contributed by atoms with E-state index in [1.54, 1.807) is 18.2 Å². The average molecular weight is 289 g/mol. The highest BCUT2D eigenvalue weighted by atomic mass is 19.3. The molecule has 0 aliphatic rings. The normalized spacial score (nSPS) is 12.5. The molecule has 1 atom stereocenters. The minimum atomic E-state index is -2.89. The van der Waals surface area contributed by atoms with Crippen LogP contribution < -0.4 is 14.8 Å². The van der Waals surface area contributed by atoms with Gasteiger partial charge in [-0.05, 0) is 24.9 Å². The predicted octanol–water partition coefficient (Wildman–Crippen LogP) is 2.40. The summed E-state index contributed by atoms with van der Waals surface area (Å²) < 4.78 is 34.5. The van der Waals surface area contributed by atoms with Crippen molar-refractivity contribution in [3.8, 4) is 11.5 Å². The Labute approximate surface area is 117 Å². The van der Waals surface area contributed by atoms with Crippen molar-refractivity contribution >= 4 is 0 Å². The molecule has 0 saturated heterocycles. The third kappa shape index (κ3) is 5.30. The number of rotatable bonds is 9. The second kappa shape index (κ2) is 8.71. The van der Waals surface area contributed by atoms with Crippen molar-refractivity contribution in [2.75, 3.05) is 20.3 Å². The number of nitrogens with one attached hydrogen (secondary N) is 1. The van der Waals surface area contributed by atoms with Gasteiger partial charge in [0, 0.05) is 18.7 Å². The van der Waals surface area contributed by atoms with E-state index in [0.29, 0.717) is 31.0 Å². The molecule has 0 fully saturated rings. The summed E-state index contributed by atoms with van der Waals surface area (Å²) in [5.74, 6) is 0.658. The lowest BCUT2D eigenvalue weighted by Crippen LogP contribution is -2.22. The van der Waals surface area contributed by atoms with Gasteiger partial charge in [0.1, 0.15) is 0 Å². The van der Waals surface area contributed by atoms with Gasteiger partial charge < -0.3 is 19.9 Å². The largest absolute Gasteiger partial charge is 0.493 e. The monoisotopic (exact) mass is 289 g/mol. The van der Waals surface area contributed by atoms with E-state index in [1.807, 2.05) is 6.92 Å². The zero-order valence-electron chi connectivity index (χ0n) is 11.7. The van der Waals surface area contributed by atoms with E-state index in [0.717, 1.165) is 0 Å². The average Bonchev–Trinajstić information content (AvgIpc) is 2.40. The fraction of sp³-hybridized carbons (Fsp3) is 0.571. The Hall–Kier alpha value is -1.40. The molecule has 0 radical (unpaired) electrons. The third-order valence-corrected chi connectivity index (χ3v) is 2.92. The molecule has 0 bridgehead atoms. The highest BCUT2D eigenvalue weighted by molar-refractivity contribution is 5.46. The molecule has 2 N–H and O–H groups in total. The molecule has 1 rings (SSSR count). The van der Waals surface area contributed by atoms with Crippen molar-refractivity contribution in [3.05, 3.63) is 23.8 Å². The maximum atomic E-state index is 12.4. The summed E-state index contributed by atoms with van der Waals surface area (Å²) in [6, 6.07) is 5.02. The molecule has 0 aliphatic heterocycles. The van der Waals surface area contributed by atoms with Crippen molar-refractivity contribution in [1.29, 1.82) is 0 Å². The highest BCUT2D eigenvalue weighted by Gasteiger charge is 2.15. The Morgan fingerprint density at radius 1 is 1.35 bits per heavy atom. The first-order valence-corrected chi connectivity index (χ1v) is 6.50. The van der Waals surface area contributed by atoms with E-state index in [9.17, 15) is 8.78 Å². The first-order valence-electron chi connectivity index (χ1n) is 6.50. The molecule has 1 aromatic carbocycles. The topological polar surface area (TPSA) is 50.7 Å². The lowest BCUT2D eigenvalue weighted by molar-refractivity contribution is -0.0518. The number of halogens is 2. The van der Waals surface area contributed by atoms with Crippen LogP contribution >= 0.6 is 0 Å². The van der Waals surface area contributed by atoms with Gasteiger partial charge >= 0.3 is 6.61 Å².